The third-order valence-electron chi connectivity index (χ3n) is 4.61. The molecule has 6 nitrogen and oxygen atoms in total. The Morgan fingerprint density at radius 3 is 2.29 bits per heavy atom. The molecule has 0 atom stereocenters. The molecule has 0 radical (unpaired) electrons. The van der Waals surface area contributed by atoms with E-state index < -0.39 is 0 Å². The summed E-state index contributed by atoms with van der Waals surface area (Å²) < 4.78 is 5.44. The molecular formula is C25H20N4O2. The number of rotatable bonds is 6. The molecule has 0 saturated heterocycles. The van der Waals surface area contributed by atoms with Crippen molar-refractivity contribution in [3.63, 3.8) is 0 Å². The topological polar surface area (TPSA) is 76.1 Å². The van der Waals surface area contributed by atoms with Gasteiger partial charge in [-0.2, -0.15) is 0 Å². The van der Waals surface area contributed by atoms with E-state index >= 15 is 0 Å². The molecule has 0 aliphatic rings. The van der Waals surface area contributed by atoms with E-state index in [1.807, 2.05) is 72.8 Å². The van der Waals surface area contributed by atoms with E-state index in [4.69, 9.17) is 11.2 Å². The lowest BCUT2D eigenvalue weighted by molar-refractivity contribution is -0.114. The molecule has 1 aromatic heterocycles. The molecule has 3 aromatic carbocycles. The minimum absolute atomic E-state index is 0.108. The zero-order chi connectivity index (χ0) is 21.6. The number of nitrogens with zero attached hydrogens (tertiary/aromatic N) is 2. The number of carbonyl (C=O) groups is 1. The zero-order valence-electron chi connectivity index (χ0n) is 16.9. The summed E-state index contributed by atoms with van der Waals surface area (Å²) in [4.78, 5) is 11.2. The van der Waals surface area contributed by atoms with E-state index in [1.54, 1.807) is 0 Å². The van der Waals surface area contributed by atoms with Gasteiger partial charge in [0.1, 0.15) is 18.1 Å². The quantitative estimate of drug-likeness (QED) is 0.439. The number of nitrogens with one attached hydrogen (secondary N) is 2. The predicted octanol–water partition coefficient (Wildman–Crippen LogP) is 5.01. The molecule has 0 aliphatic carbocycles. The highest BCUT2D eigenvalue weighted by atomic mass is 16.5. The molecule has 0 fully saturated rings. The van der Waals surface area contributed by atoms with Crippen LogP contribution in [0.3, 0.4) is 0 Å². The third-order valence-corrected chi connectivity index (χ3v) is 4.61. The van der Waals surface area contributed by atoms with Crippen LogP contribution >= 0.6 is 0 Å². The Balaban J connectivity index is 1.64. The highest BCUT2D eigenvalue weighted by Crippen LogP contribution is 2.32. The molecule has 0 saturated carbocycles. The second-order valence-corrected chi connectivity index (χ2v) is 6.84. The monoisotopic (exact) mass is 408 g/mol. The molecule has 6 heteroatoms. The highest BCUT2D eigenvalue weighted by Gasteiger charge is 2.11. The highest BCUT2D eigenvalue weighted by molar-refractivity contribution is 6.01. The normalized spacial score (nSPS) is 10.3. The largest absolute Gasteiger partial charge is 0.481 e. The molecule has 0 bridgehead atoms. The summed E-state index contributed by atoms with van der Waals surface area (Å²) in [5, 5.41) is 16.9. The van der Waals surface area contributed by atoms with Gasteiger partial charge in [0.15, 0.2) is 5.82 Å². The van der Waals surface area contributed by atoms with Crippen LogP contribution in [0.25, 0.3) is 22.0 Å². The summed E-state index contributed by atoms with van der Waals surface area (Å²) >= 11 is 0. The average Bonchev–Trinajstić information content (AvgIpc) is 2.79. The van der Waals surface area contributed by atoms with Crippen molar-refractivity contribution in [1.29, 1.82) is 0 Å². The number of amides is 1. The van der Waals surface area contributed by atoms with Crippen molar-refractivity contribution in [1.82, 2.24) is 10.2 Å². The van der Waals surface area contributed by atoms with Gasteiger partial charge in [0, 0.05) is 34.6 Å². The van der Waals surface area contributed by atoms with E-state index in [-0.39, 0.29) is 12.5 Å². The van der Waals surface area contributed by atoms with E-state index in [1.165, 1.54) is 6.92 Å². The average molecular weight is 408 g/mol. The van der Waals surface area contributed by atoms with Crippen LogP contribution in [0.15, 0.2) is 72.8 Å². The Morgan fingerprint density at radius 1 is 0.935 bits per heavy atom. The van der Waals surface area contributed by atoms with Gasteiger partial charge in [-0.25, -0.2) is 0 Å². The van der Waals surface area contributed by atoms with Gasteiger partial charge in [-0.05, 0) is 48.5 Å². The SMILES string of the molecule is C#CCOc1ccc(-c2nnc(Nc3ccc(NC(C)=O)cc3)c3ccccc23)cc1. The van der Waals surface area contributed by atoms with Crippen molar-refractivity contribution < 1.29 is 9.53 Å². The first-order valence-electron chi connectivity index (χ1n) is 9.71. The van der Waals surface area contributed by atoms with Crippen molar-refractivity contribution in [3.05, 3.63) is 72.8 Å². The number of anilines is 3. The van der Waals surface area contributed by atoms with Crippen LogP contribution in [0.1, 0.15) is 6.92 Å². The molecule has 2 N–H and O–H groups in total. The fourth-order valence-electron chi connectivity index (χ4n) is 3.22. The maximum atomic E-state index is 11.2. The Kier molecular flexibility index (Phi) is 5.77. The summed E-state index contributed by atoms with van der Waals surface area (Å²) in [6.45, 7) is 1.71. The van der Waals surface area contributed by atoms with Crippen LogP contribution < -0.4 is 15.4 Å². The van der Waals surface area contributed by atoms with Gasteiger partial charge in [0.25, 0.3) is 0 Å². The summed E-state index contributed by atoms with van der Waals surface area (Å²) in [7, 11) is 0. The van der Waals surface area contributed by atoms with Crippen molar-refractivity contribution in [3.8, 4) is 29.4 Å². The summed E-state index contributed by atoms with van der Waals surface area (Å²) in [6.07, 6.45) is 5.24. The van der Waals surface area contributed by atoms with Gasteiger partial charge in [0.2, 0.25) is 5.91 Å². The fourth-order valence-corrected chi connectivity index (χ4v) is 3.22. The third kappa shape index (κ3) is 4.62. The zero-order valence-corrected chi connectivity index (χ0v) is 16.9. The molecule has 4 rings (SSSR count). The lowest BCUT2D eigenvalue weighted by Crippen LogP contribution is -2.05. The Labute approximate surface area is 180 Å². The molecule has 1 amide bonds. The van der Waals surface area contributed by atoms with Crippen molar-refractivity contribution in [2.24, 2.45) is 0 Å². The van der Waals surface area contributed by atoms with E-state index in [9.17, 15) is 4.79 Å². The molecule has 4 aromatic rings. The van der Waals surface area contributed by atoms with Crippen LogP contribution in [0.5, 0.6) is 5.75 Å². The number of ether oxygens (including phenoxy) is 1. The van der Waals surface area contributed by atoms with Gasteiger partial charge >= 0.3 is 0 Å². The molecule has 1 heterocycles. The number of aromatic nitrogens is 2. The molecule has 0 unspecified atom stereocenters. The first kappa shape index (κ1) is 19.9. The lowest BCUT2D eigenvalue weighted by Gasteiger charge is -2.12. The van der Waals surface area contributed by atoms with Crippen LogP contribution in [0.2, 0.25) is 0 Å². The minimum Gasteiger partial charge on any atom is -0.481 e. The fraction of sp³-hybridized carbons (Fsp3) is 0.0800. The Bertz CT molecular complexity index is 1260. The number of carbonyl (C=O) groups excluding carboxylic acids is 1. The van der Waals surface area contributed by atoms with Crippen molar-refractivity contribution in [2.45, 2.75) is 6.92 Å². The van der Waals surface area contributed by atoms with Crippen LogP contribution in [-0.4, -0.2) is 22.7 Å². The summed E-state index contributed by atoms with van der Waals surface area (Å²) in [5.74, 6) is 3.71. The minimum atomic E-state index is -0.108. The second-order valence-electron chi connectivity index (χ2n) is 6.84. The molecule has 0 spiro atoms. The first-order valence-corrected chi connectivity index (χ1v) is 9.71. The Morgan fingerprint density at radius 2 is 1.61 bits per heavy atom. The maximum absolute atomic E-state index is 11.2. The number of terminal acetylenes is 1. The molecular weight excluding hydrogens is 388 g/mol. The van der Waals surface area contributed by atoms with Crippen LogP contribution in [0, 0.1) is 12.3 Å². The van der Waals surface area contributed by atoms with Crippen molar-refractivity contribution >= 4 is 33.9 Å². The number of fused-ring (bicyclic) bond motifs is 1. The van der Waals surface area contributed by atoms with Gasteiger partial charge in [-0.1, -0.05) is 30.2 Å². The summed E-state index contributed by atoms with van der Waals surface area (Å²) in [6, 6.07) is 23.0. The summed E-state index contributed by atoms with van der Waals surface area (Å²) in [5.41, 5.74) is 3.30. The van der Waals surface area contributed by atoms with Gasteiger partial charge in [-0.3, -0.25) is 4.79 Å². The smallest absolute Gasteiger partial charge is 0.221 e. The van der Waals surface area contributed by atoms with E-state index in [0.717, 1.165) is 33.4 Å². The van der Waals surface area contributed by atoms with Crippen LogP contribution in [-0.2, 0) is 4.79 Å². The van der Waals surface area contributed by atoms with Gasteiger partial charge in [-0.15, -0.1) is 16.6 Å². The maximum Gasteiger partial charge on any atom is 0.221 e. The second kappa shape index (κ2) is 8.97. The van der Waals surface area contributed by atoms with Gasteiger partial charge < -0.3 is 15.4 Å². The van der Waals surface area contributed by atoms with Gasteiger partial charge in [0.05, 0.1) is 0 Å². The number of benzene rings is 3. The standard InChI is InChI=1S/C25H20N4O2/c1-3-16-31-21-14-8-18(9-15-21)24-22-6-4-5-7-23(22)25(29-28-24)27-20-12-10-19(11-13-20)26-17(2)30/h1,4-15H,16H2,2H3,(H,26,30)(H,27,29). The van der Waals surface area contributed by atoms with Crippen molar-refractivity contribution in [2.75, 3.05) is 17.2 Å². The van der Waals surface area contributed by atoms with Crippen LogP contribution in [0.4, 0.5) is 17.2 Å². The number of hydrogen-bond donors (Lipinski definition) is 2. The van der Waals surface area contributed by atoms with E-state index in [0.29, 0.717) is 11.6 Å². The molecule has 0 aliphatic heterocycles. The van der Waals surface area contributed by atoms with E-state index in [2.05, 4.69) is 26.8 Å². The Hall–Kier alpha value is -4.37. The molecule has 31 heavy (non-hydrogen) atoms. The molecule has 152 valence electrons. The number of hydrogen-bond acceptors (Lipinski definition) is 5. The lowest BCUT2D eigenvalue weighted by atomic mass is 10.0. The predicted molar refractivity (Wildman–Crippen MR) is 123 cm³/mol. The first-order chi connectivity index (χ1) is 15.1.